The van der Waals surface area contributed by atoms with Crippen LogP contribution in [0.25, 0.3) is 0 Å². The third kappa shape index (κ3) is 6.36. The van der Waals surface area contributed by atoms with E-state index in [4.69, 9.17) is 16.6 Å². The number of halogens is 2. The van der Waals surface area contributed by atoms with Crippen LogP contribution in [-0.2, 0) is 0 Å². The molecule has 6 heteroatoms. The topological polar surface area (TPSA) is 56.7 Å². The molecule has 0 aliphatic heterocycles. The summed E-state index contributed by atoms with van der Waals surface area (Å²) in [6.45, 7) is 3.49. The van der Waals surface area contributed by atoms with Gasteiger partial charge < -0.3 is 15.7 Å². The van der Waals surface area contributed by atoms with Crippen molar-refractivity contribution in [3.63, 3.8) is 0 Å². The minimum absolute atomic E-state index is 0. The van der Waals surface area contributed by atoms with Crippen molar-refractivity contribution < 1.29 is 5.11 Å². The van der Waals surface area contributed by atoms with Crippen molar-refractivity contribution in [3.05, 3.63) is 70.7 Å². The molecule has 3 atom stereocenters. The highest BCUT2D eigenvalue weighted by atomic mass is 127. The zero-order valence-corrected chi connectivity index (χ0v) is 18.5. The fourth-order valence-electron chi connectivity index (χ4n) is 3.15. The number of aliphatic hydroxyl groups is 1. The van der Waals surface area contributed by atoms with E-state index in [0.29, 0.717) is 18.5 Å². The number of hydrogen-bond donors (Lipinski definition) is 3. The quantitative estimate of drug-likeness (QED) is 0.305. The van der Waals surface area contributed by atoms with Crippen LogP contribution in [0.15, 0.2) is 59.6 Å². The number of aliphatic hydroxyl groups excluding tert-OH is 1. The van der Waals surface area contributed by atoms with Crippen LogP contribution in [0.1, 0.15) is 36.3 Å². The highest BCUT2D eigenvalue weighted by molar-refractivity contribution is 14.0. The predicted octanol–water partition coefficient (Wildman–Crippen LogP) is 4.15. The van der Waals surface area contributed by atoms with Gasteiger partial charge in [-0.05, 0) is 36.6 Å². The Morgan fingerprint density at radius 2 is 2.00 bits per heavy atom. The third-order valence-corrected chi connectivity index (χ3v) is 4.93. The van der Waals surface area contributed by atoms with E-state index < -0.39 is 0 Å². The molecule has 146 valence electrons. The first kappa shape index (κ1) is 22.0. The second-order valence-electron chi connectivity index (χ2n) is 6.66. The van der Waals surface area contributed by atoms with Crippen molar-refractivity contribution >= 4 is 41.5 Å². The smallest absolute Gasteiger partial charge is 0.191 e. The van der Waals surface area contributed by atoms with Crippen molar-refractivity contribution in [2.75, 3.05) is 19.7 Å². The van der Waals surface area contributed by atoms with Crippen LogP contribution >= 0.6 is 35.6 Å². The minimum Gasteiger partial charge on any atom is -0.396 e. The van der Waals surface area contributed by atoms with Crippen LogP contribution in [0.2, 0.25) is 5.02 Å². The molecule has 0 amide bonds. The Morgan fingerprint density at radius 3 is 2.67 bits per heavy atom. The van der Waals surface area contributed by atoms with E-state index >= 15 is 0 Å². The third-order valence-electron chi connectivity index (χ3n) is 4.69. The lowest BCUT2D eigenvalue weighted by atomic mass is 10.0. The molecule has 0 radical (unpaired) electrons. The van der Waals surface area contributed by atoms with Gasteiger partial charge in [0.15, 0.2) is 5.96 Å². The molecule has 0 saturated heterocycles. The van der Waals surface area contributed by atoms with Crippen LogP contribution in [0, 0.1) is 0 Å². The molecule has 0 bridgehead atoms. The van der Waals surface area contributed by atoms with E-state index in [1.54, 1.807) is 0 Å². The molecular weight excluding hydrogens is 473 g/mol. The van der Waals surface area contributed by atoms with Gasteiger partial charge in [0.25, 0.3) is 0 Å². The summed E-state index contributed by atoms with van der Waals surface area (Å²) in [5, 5.41) is 17.3. The molecule has 0 aromatic heterocycles. The number of guanidine groups is 1. The summed E-state index contributed by atoms with van der Waals surface area (Å²) in [5.41, 5.74) is 2.38. The summed E-state index contributed by atoms with van der Waals surface area (Å²) < 4.78 is 0. The molecule has 0 heterocycles. The maximum Gasteiger partial charge on any atom is 0.191 e. The van der Waals surface area contributed by atoms with Crippen molar-refractivity contribution in [1.29, 1.82) is 0 Å². The van der Waals surface area contributed by atoms with Gasteiger partial charge in [0.05, 0.1) is 13.2 Å². The molecule has 1 saturated carbocycles. The van der Waals surface area contributed by atoms with Crippen molar-refractivity contribution in [1.82, 2.24) is 10.6 Å². The number of rotatable bonds is 7. The van der Waals surface area contributed by atoms with Crippen molar-refractivity contribution in [2.24, 2.45) is 4.99 Å². The number of aliphatic imine (C=N–C) groups is 1. The van der Waals surface area contributed by atoms with E-state index in [-0.39, 0.29) is 36.5 Å². The molecule has 3 unspecified atom stereocenters. The maximum absolute atomic E-state index is 9.71. The minimum atomic E-state index is 0. The van der Waals surface area contributed by atoms with Gasteiger partial charge in [-0.25, -0.2) is 0 Å². The van der Waals surface area contributed by atoms with Gasteiger partial charge in [-0.15, -0.1) is 24.0 Å². The molecule has 3 rings (SSSR count). The number of nitrogens with one attached hydrogen (secondary N) is 2. The Bertz CT molecular complexity index is 741. The highest BCUT2D eigenvalue weighted by Gasteiger charge is 2.39. The number of nitrogens with zero attached hydrogens (tertiary/aromatic N) is 1. The number of benzene rings is 2. The van der Waals surface area contributed by atoms with Gasteiger partial charge in [0.1, 0.15) is 0 Å². The molecule has 27 heavy (non-hydrogen) atoms. The van der Waals surface area contributed by atoms with E-state index in [9.17, 15) is 5.11 Å². The molecule has 0 spiro atoms. The van der Waals surface area contributed by atoms with Crippen LogP contribution in [0.5, 0.6) is 0 Å². The normalized spacial score (nSPS) is 19.7. The predicted molar refractivity (Wildman–Crippen MR) is 123 cm³/mol. The van der Waals surface area contributed by atoms with Gasteiger partial charge >= 0.3 is 0 Å². The zero-order valence-electron chi connectivity index (χ0n) is 15.4. The molecule has 1 aliphatic carbocycles. The van der Waals surface area contributed by atoms with Gasteiger partial charge in [-0.1, -0.05) is 54.1 Å². The highest BCUT2D eigenvalue weighted by Crippen LogP contribution is 2.41. The van der Waals surface area contributed by atoms with Gasteiger partial charge in [-0.3, -0.25) is 4.99 Å². The lowest BCUT2D eigenvalue weighted by Gasteiger charge is -2.15. The van der Waals surface area contributed by atoms with E-state index in [0.717, 1.165) is 29.5 Å². The van der Waals surface area contributed by atoms with Gasteiger partial charge in [0.2, 0.25) is 0 Å². The summed E-state index contributed by atoms with van der Waals surface area (Å²) in [5.74, 6) is 1.28. The van der Waals surface area contributed by atoms with E-state index in [1.165, 1.54) is 5.56 Å². The second kappa shape index (κ2) is 10.9. The lowest BCUT2D eigenvalue weighted by Crippen LogP contribution is -2.39. The fourth-order valence-corrected chi connectivity index (χ4v) is 3.35. The molecule has 4 nitrogen and oxygen atoms in total. The first-order valence-corrected chi connectivity index (χ1v) is 9.55. The van der Waals surface area contributed by atoms with E-state index in [2.05, 4.69) is 23.6 Å². The van der Waals surface area contributed by atoms with Crippen LogP contribution in [0.4, 0.5) is 0 Å². The SMILES string of the molecule is CCNC(=NCC(CO)c1ccccc1)NC1CC1c1cccc(Cl)c1.I. The molecule has 1 fully saturated rings. The zero-order chi connectivity index (χ0) is 18.4. The lowest BCUT2D eigenvalue weighted by molar-refractivity contribution is 0.268. The summed E-state index contributed by atoms with van der Waals surface area (Å²) in [4.78, 5) is 4.70. The molecule has 3 N–H and O–H groups in total. The van der Waals surface area contributed by atoms with Crippen LogP contribution < -0.4 is 10.6 Å². The first-order chi connectivity index (χ1) is 12.7. The summed E-state index contributed by atoms with van der Waals surface area (Å²) in [7, 11) is 0. The average molecular weight is 500 g/mol. The van der Waals surface area contributed by atoms with Crippen molar-refractivity contribution in [2.45, 2.75) is 31.2 Å². The number of hydrogen-bond acceptors (Lipinski definition) is 2. The second-order valence-corrected chi connectivity index (χ2v) is 7.09. The summed E-state index contributed by atoms with van der Waals surface area (Å²) in [6.07, 6.45) is 1.08. The van der Waals surface area contributed by atoms with Crippen LogP contribution in [-0.4, -0.2) is 36.8 Å². The van der Waals surface area contributed by atoms with Gasteiger partial charge in [0, 0.05) is 29.4 Å². The Labute approximate surface area is 183 Å². The Kier molecular flexibility index (Phi) is 8.86. The largest absolute Gasteiger partial charge is 0.396 e. The fraction of sp³-hybridized carbons (Fsp3) is 0.381. The Morgan fingerprint density at radius 1 is 1.22 bits per heavy atom. The average Bonchev–Trinajstić information content (AvgIpc) is 3.42. The molecular formula is C21H27ClIN3O. The Balaban J connectivity index is 0.00000261. The summed E-state index contributed by atoms with van der Waals surface area (Å²) in [6, 6.07) is 18.5. The molecule has 2 aromatic rings. The monoisotopic (exact) mass is 499 g/mol. The molecule has 2 aromatic carbocycles. The molecule has 1 aliphatic rings. The van der Waals surface area contributed by atoms with Crippen LogP contribution in [0.3, 0.4) is 0 Å². The van der Waals surface area contributed by atoms with E-state index in [1.807, 2.05) is 48.5 Å². The summed E-state index contributed by atoms with van der Waals surface area (Å²) >= 11 is 6.10. The van der Waals surface area contributed by atoms with Gasteiger partial charge in [-0.2, -0.15) is 0 Å². The first-order valence-electron chi connectivity index (χ1n) is 9.17. The van der Waals surface area contributed by atoms with Crippen molar-refractivity contribution in [3.8, 4) is 0 Å². The Hall–Kier alpha value is -1.31. The maximum atomic E-state index is 9.71. The standard InChI is InChI=1S/C21H26ClN3O.HI/c1-2-23-21(24-13-17(14-26)15-7-4-3-5-8-15)25-20-12-19(20)16-9-6-10-18(22)11-16;/h3-11,17,19-20,26H,2,12-14H2,1H3,(H2,23,24,25);1H.